The van der Waals surface area contributed by atoms with Gasteiger partial charge >= 0.3 is 11.9 Å². The number of nitrogens with two attached hydrogens (primary N) is 1. The van der Waals surface area contributed by atoms with Crippen LogP contribution >= 0.6 is 0 Å². The first-order valence-corrected chi connectivity index (χ1v) is 31.1. The Morgan fingerprint density at radius 2 is 1.67 bits per heavy atom. The number of carboxylic acids is 1. The molecule has 2 fully saturated rings. The zero-order valence-electron chi connectivity index (χ0n) is 50.4. The highest BCUT2D eigenvalue weighted by Crippen LogP contribution is 2.72. The van der Waals surface area contributed by atoms with Crippen LogP contribution in [0.1, 0.15) is 95.6 Å². The maximum absolute atomic E-state index is 15.9. The summed E-state index contributed by atoms with van der Waals surface area (Å²) in [5, 5.41) is 157. The Labute approximate surface area is 529 Å². The van der Waals surface area contributed by atoms with Crippen LogP contribution in [0.5, 0.6) is 28.7 Å². The number of aromatic nitrogens is 3. The molecule has 490 valence electrons. The van der Waals surface area contributed by atoms with Crippen LogP contribution < -0.4 is 26.0 Å². The van der Waals surface area contributed by atoms with Gasteiger partial charge in [-0.2, -0.15) is 0 Å². The molecule has 25 heteroatoms. The molecule has 1 saturated carbocycles. The highest BCUT2D eigenvalue weighted by atomic mass is 16.8. The lowest BCUT2D eigenvalue weighted by molar-refractivity contribution is -0.422. The van der Waals surface area contributed by atoms with E-state index in [-0.39, 0.29) is 48.7 Å². The summed E-state index contributed by atoms with van der Waals surface area (Å²) in [6.45, 7) is -0.807. The molecule has 4 aromatic carbocycles. The first-order chi connectivity index (χ1) is 44.3. The molecule has 19 N–H and O–H groups in total. The molecule has 92 heavy (non-hydrogen) atoms. The smallest absolute Gasteiger partial charge is 0.355 e. The number of carboxylic acid groups (broad SMARTS) is 1. The van der Waals surface area contributed by atoms with Gasteiger partial charge in [-0.3, -0.25) is 9.69 Å². The van der Waals surface area contributed by atoms with Crippen molar-refractivity contribution in [2.45, 2.75) is 124 Å². The Kier molecular flexibility index (Phi) is 19.1. The number of phenols is 4. The molecule has 13 atom stereocenters. The molecule has 6 aromatic rings. The van der Waals surface area contributed by atoms with Crippen LogP contribution in [0.15, 0.2) is 120 Å². The fourth-order valence-electron chi connectivity index (χ4n) is 15.4. The monoisotopic (exact) mass is 1270 g/mol. The number of aliphatic hydroxyl groups is 8. The number of imidazole rings is 1. The van der Waals surface area contributed by atoms with Crippen molar-refractivity contribution in [3.8, 4) is 28.7 Å². The predicted octanol–water partition coefficient (Wildman–Crippen LogP) is 3.36. The third-order valence-electron chi connectivity index (χ3n) is 19.6. The average molecular weight is 1270 g/mol. The van der Waals surface area contributed by atoms with E-state index >= 15 is 9.59 Å². The van der Waals surface area contributed by atoms with E-state index in [9.17, 15) is 66.4 Å². The van der Waals surface area contributed by atoms with Crippen LogP contribution in [0, 0.1) is 23.7 Å². The van der Waals surface area contributed by atoms with E-state index in [0.717, 1.165) is 34.1 Å². The SMILES string of the molecule is NC(=NCc1ccccc1)NCCC[C@H](O)CCC1=C[C@]2(C(=O)O)[C@@H](c3c(cc(O[C@]4(O)O[C@H](CO)[C@@H](O)[C@H](O)[C@H]4O)c(O)c3O)N2C(=O)/C=C/c2ccc(O)c(Cc3[nH]cnc3CCNc3ccc[nH]3)c2)[C@H]1[C@]12c3c(O)cccc3CC[C@H]1CC[C@@H](CO)[C@H]2CO. The van der Waals surface area contributed by atoms with Crippen LogP contribution in [0.2, 0.25) is 0 Å². The number of benzene rings is 4. The summed E-state index contributed by atoms with van der Waals surface area (Å²) >= 11 is 0. The van der Waals surface area contributed by atoms with Gasteiger partial charge in [-0.05, 0) is 128 Å². The van der Waals surface area contributed by atoms with Gasteiger partial charge in [0, 0.05) is 97.1 Å². The second-order valence-corrected chi connectivity index (χ2v) is 24.7. The second kappa shape index (κ2) is 27.0. The molecule has 0 unspecified atom stereocenters. The molecule has 4 heterocycles. The summed E-state index contributed by atoms with van der Waals surface area (Å²) in [4.78, 5) is 47.1. The number of carbonyl (C=O) groups excluding carboxylic acids is 1. The minimum absolute atomic E-state index is 0.0124. The van der Waals surface area contributed by atoms with Gasteiger partial charge in [0.05, 0.1) is 37.0 Å². The number of fused-ring (bicyclic) bond motifs is 6. The van der Waals surface area contributed by atoms with E-state index in [2.05, 4.69) is 30.6 Å². The number of nitrogens with zero attached hydrogens (tertiary/aromatic N) is 3. The molecule has 11 rings (SSSR count). The van der Waals surface area contributed by atoms with Gasteiger partial charge < -0.3 is 102 Å². The number of ether oxygens (including phenoxy) is 2. The first kappa shape index (κ1) is 65.0. The number of carbonyl (C=O) groups is 2. The maximum Gasteiger partial charge on any atom is 0.355 e. The van der Waals surface area contributed by atoms with Crippen molar-refractivity contribution in [1.82, 2.24) is 20.3 Å². The molecule has 25 nitrogen and oxygen atoms in total. The van der Waals surface area contributed by atoms with E-state index in [1.165, 1.54) is 30.4 Å². The van der Waals surface area contributed by atoms with Crippen molar-refractivity contribution >= 4 is 35.4 Å². The number of amides is 1. The predicted molar refractivity (Wildman–Crippen MR) is 335 cm³/mol. The molecule has 0 spiro atoms. The molecule has 0 radical (unpaired) electrons. The Hall–Kier alpha value is -8.50. The quantitative estimate of drug-likeness (QED) is 0.00785. The van der Waals surface area contributed by atoms with E-state index in [0.29, 0.717) is 91.7 Å². The largest absolute Gasteiger partial charge is 0.508 e. The Morgan fingerprint density at radius 3 is 2.41 bits per heavy atom. The van der Waals surface area contributed by atoms with Gasteiger partial charge in [0.1, 0.15) is 35.6 Å². The number of nitrogens with one attached hydrogen (secondary N) is 4. The Morgan fingerprint density at radius 1 is 0.870 bits per heavy atom. The van der Waals surface area contributed by atoms with Gasteiger partial charge in [0.15, 0.2) is 29.1 Å². The van der Waals surface area contributed by atoms with Crippen LogP contribution in [0.3, 0.4) is 0 Å². The van der Waals surface area contributed by atoms with Gasteiger partial charge in [-0.1, -0.05) is 54.1 Å². The fourth-order valence-corrected chi connectivity index (χ4v) is 15.4. The molecular weight excluding hydrogens is 1190 g/mol. The highest BCUT2D eigenvalue weighted by molar-refractivity contribution is 6.14. The number of hydrogen-bond acceptors (Lipinski definition) is 19. The summed E-state index contributed by atoms with van der Waals surface area (Å²) in [5.74, 6) is -13.4. The normalized spacial score (nSPS) is 27.8. The van der Waals surface area contributed by atoms with Crippen molar-refractivity contribution < 1.29 is 85.4 Å². The molecule has 3 aliphatic carbocycles. The van der Waals surface area contributed by atoms with Gasteiger partial charge in [0.25, 0.3) is 5.91 Å². The first-order valence-electron chi connectivity index (χ1n) is 31.1. The third kappa shape index (κ3) is 11.9. The molecule has 2 aliphatic heterocycles. The number of anilines is 2. The van der Waals surface area contributed by atoms with Crippen LogP contribution in [-0.4, -0.2) is 174 Å². The van der Waals surface area contributed by atoms with Crippen molar-refractivity contribution in [1.29, 1.82) is 0 Å². The molecule has 1 saturated heterocycles. The number of rotatable bonds is 24. The minimum Gasteiger partial charge on any atom is -0.508 e. The number of aliphatic hydroxyl groups excluding tert-OH is 7. The topological polar surface area (TPSA) is 426 Å². The standard InChI is InChI=1S/C67H80N8O17/c68-64(72-31-37-7-2-1-3-8-37)71-25-5-10-43(79)20-17-39-30-65(63(88)89)57(56(39)66-42(19-16-40(32-76)44(66)33-77)18-15-38-9-4-11-49(81)55(38)66)54-47(29-50(58(83)60(54)85)91-67(90)62(87)61(86)59(84)51(34-78)92-67)75(65)53(82)22-14-36-13-21-48(80)41(27-36)28-46-45(73-35-74-46)23-26-70-52-12-6-24-69-52/h1-4,6-9,11-14,21-22,24,27,29-30,35,40,42-44,51,56-57,59,61-62,69-70,76-81,83-87,90H,5,10,15-20,23,25-26,28,31-34H2,(H,73,74)(H,88,89)(H3,68,71,72)/b22-14+/t40-,42-,43-,44+,51+,56-,57-,59+,61-,62+,65+,66+,67-/m0/s1. The maximum atomic E-state index is 15.9. The number of aromatic hydroxyl groups is 4. The number of aliphatic carboxylic acids is 1. The Bertz CT molecular complexity index is 3710. The number of allylic oxidation sites excluding steroid dienone is 1. The molecule has 5 aliphatic rings. The number of guanidine groups is 1. The Balaban J connectivity index is 1.03. The fraction of sp³-hybridized carbons (Fsp3) is 0.433. The molecular formula is C67H80N8O17. The van der Waals surface area contributed by atoms with Crippen molar-refractivity contribution in [2.24, 2.45) is 34.4 Å². The zero-order valence-corrected chi connectivity index (χ0v) is 50.4. The van der Waals surface area contributed by atoms with E-state index in [1.54, 1.807) is 24.7 Å². The zero-order chi connectivity index (χ0) is 65.2. The molecule has 2 aromatic heterocycles. The minimum atomic E-state index is -3.40. The lowest BCUT2D eigenvalue weighted by Gasteiger charge is -2.60. The lowest BCUT2D eigenvalue weighted by atomic mass is 9.43. The van der Waals surface area contributed by atoms with Crippen LogP contribution in [0.4, 0.5) is 11.5 Å². The van der Waals surface area contributed by atoms with Gasteiger partial charge in [-0.25, -0.2) is 14.8 Å². The lowest BCUT2D eigenvalue weighted by Crippen LogP contribution is -2.67. The number of aliphatic imine (C=N–C) groups is 1. The van der Waals surface area contributed by atoms with E-state index in [4.69, 9.17) is 15.2 Å². The van der Waals surface area contributed by atoms with E-state index in [1.807, 2.05) is 48.5 Å². The van der Waals surface area contributed by atoms with Crippen molar-refractivity contribution in [2.75, 3.05) is 43.1 Å². The van der Waals surface area contributed by atoms with Crippen LogP contribution in [0.25, 0.3) is 6.08 Å². The average Bonchev–Trinajstić information content (AvgIpc) is 1.47. The summed E-state index contributed by atoms with van der Waals surface area (Å²) in [7, 11) is 0. The van der Waals surface area contributed by atoms with Gasteiger partial charge in [-0.15, -0.1) is 0 Å². The van der Waals surface area contributed by atoms with Crippen molar-refractivity contribution in [3.05, 3.63) is 160 Å². The number of aromatic amines is 2. The summed E-state index contributed by atoms with van der Waals surface area (Å²) < 4.78 is 11.1. The van der Waals surface area contributed by atoms with Crippen molar-refractivity contribution in [3.63, 3.8) is 0 Å². The number of H-pyrrole nitrogens is 2. The van der Waals surface area contributed by atoms with Crippen LogP contribution in [-0.2, 0) is 45.5 Å². The van der Waals surface area contributed by atoms with Gasteiger partial charge in [0.2, 0.25) is 5.75 Å². The summed E-state index contributed by atoms with van der Waals surface area (Å²) in [6, 6.07) is 23.8. The molecule has 1 amide bonds. The second-order valence-electron chi connectivity index (χ2n) is 24.7. The summed E-state index contributed by atoms with van der Waals surface area (Å²) in [5.41, 5.74) is 5.92. The number of phenolic OH excluding ortho intramolecular Hbond substituents is 4. The highest BCUT2D eigenvalue weighted by Gasteiger charge is 2.72. The third-order valence-corrected chi connectivity index (χ3v) is 19.6. The van der Waals surface area contributed by atoms with E-state index < -0.39 is 132 Å². The number of aryl methyl sites for hydroxylation is 1. The molecule has 0 bridgehead atoms. The number of hydrogen-bond donors (Lipinski definition) is 18. The summed E-state index contributed by atoms with van der Waals surface area (Å²) in [6.07, 6.45) is 0.778.